The van der Waals surface area contributed by atoms with Gasteiger partial charge in [0.05, 0.1) is 17.7 Å². The Kier molecular flexibility index (Phi) is 3.98. The summed E-state index contributed by atoms with van der Waals surface area (Å²) in [6.45, 7) is 0.781. The smallest absolute Gasteiger partial charge is 0.254 e. The summed E-state index contributed by atoms with van der Waals surface area (Å²) in [5.74, 6) is 0.612. The molecule has 1 aliphatic heterocycles. The lowest BCUT2D eigenvalue weighted by Crippen LogP contribution is -2.37. The van der Waals surface area contributed by atoms with Crippen molar-refractivity contribution in [2.45, 2.75) is 24.8 Å². The quantitative estimate of drug-likeness (QED) is 0.619. The molecule has 28 heavy (non-hydrogen) atoms. The Bertz CT molecular complexity index is 1080. The largest absolute Gasteiger partial charge is 0.332 e. The first-order valence-corrected chi connectivity index (χ1v) is 9.75. The van der Waals surface area contributed by atoms with Crippen molar-refractivity contribution in [3.63, 3.8) is 0 Å². The monoisotopic (exact) mass is 364 g/mol. The molecule has 136 valence electrons. The molecule has 3 nitrogen and oxygen atoms in total. The van der Waals surface area contributed by atoms with Gasteiger partial charge in [-0.2, -0.15) is 5.26 Å². The summed E-state index contributed by atoms with van der Waals surface area (Å²) < 4.78 is 0. The zero-order valence-electron chi connectivity index (χ0n) is 15.5. The lowest BCUT2D eigenvalue weighted by atomic mass is 9.94. The first-order chi connectivity index (χ1) is 13.7. The summed E-state index contributed by atoms with van der Waals surface area (Å²) in [7, 11) is 0. The number of nitriles is 1. The lowest BCUT2D eigenvalue weighted by Gasteiger charge is -2.34. The van der Waals surface area contributed by atoms with E-state index in [0.29, 0.717) is 17.0 Å². The summed E-state index contributed by atoms with van der Waals surface area (Å²) >= 11 is 0. The highest BCUT2D eigenvalue weighted by molar-refractivity contribution is 5.95. The fourth-order valence-electron chi connectivity index (χ4n) is 4.68. The molecular weight excluding hydrogens is 344 g/mol. The van der Waals surface area contributed by atoms with Gasteiger partial charge in [0.2, 0.25) is 0 Å². The van der Waals surface area contributed by atoms with Gasteiger partial charge in [0.1, 0.15) is 0 Å². The first kappa shape index (κ1) is 16.8. The van der Waals surface area contributed by atoms with E-state index >= 15 is 0 Å². The molecule has 0 saturated carbocycles. The number of fused-ring (bicyclic) bond motifs is 5. The second-order valence-corrected chi connectivity index (χ2v) is 7.63. The number of carbonyl (C=O) groups is 1. The van der Waals surface area contributed by atoms with Crippen LogP contribution in [0, 0.1) is 11.3 Å². The summed E-state index contributed by atoms with van der Waals surface area (Å²) in [6, 6.07) is 26.4. The van der Waals surface area contributed by atoms with Crippen molar-refractivity contribution in [1.29, 1.82) is 5.26 Å². The van der Waals surface area contributed by atoms with E-state index < -0.39 is 0 Å². The Morgan fingerprint density at radius 1 is 0.929 bits per heavy atom. The van der Waals surface area contributed by atoms with Crippen molar-refractivity contribution < 1.29 is 4.79 Å². The van der Waals surface area contributed by atoms with Crippen molar-refractivity contribution in [2.24, 2.45) is 0 Å². The molecule has 0 unspecified atom stereocenters. The van der Waals surface area contributed by atoms with E-state index in [4.69, 9.17) is 5.26 Å². The minimum atomic E-state index is 0.0610. The van der Waals surface area contributed by atoms with Crippen LogP contribution >= 0.6 is 0 Å². The zero-order chi connectivity index (χ0) is 19.1. The molecule has 0 aromatic heterocycles. The van der Waals surface area contributed by atoms with Crippen LogP contribution in [0.2, 0.25) is 0 Å². The van der Waals surface area contributed by atoms with Gasteiger partial charge in [0.25, 0.3) is 5.91 Å². The number of amides is 1. The summed E-state index contributed by atoms with van der Waals surface area (Å²) in [5.41, 5.74) is 6.35. The lowest BCUT2D eigenvalue weighted by molar-refractivity contribution is 0.0620. The number of nitrogens with zero attached hydrogens (tertiary/aromatic N) is 2. The second-order valence-electron chi connectivity index (χ2n) is 7.63. The average molecular weight is 364 g/mol. The molecule has 2 aliphatic rings. The molecule has 1 fully saturated rings. The van der Waals surface area contributed by atoms with Crippen molar-refractivity contribution in [3.05, 3.63) is 95.1 Å². The molecule has 0 radical (unpaired) electrons. The molecular formula is C25H20N2O. The van der Waals surface area contributed by atoms with E-state index in [9.17, 15) is 4.79 Å². The van der Waals surface area contributed by atoms with Gasteiger partial charge in [-0.1, -0.05) is 42.5 Å². The molecule has 2 bridgehead atoms. The maximum absolute atomic E-state index is 13.2. The van der Waals surface area contributed by atoms with E-state index in [-0.39, 0.29) is 11.9 Å². The predicted molar refractivity (Wildman–Crippen MR) is 109 cm³/mol. The standard InChI is InChI=1S/C25H20N2O/c26-16-17-6-8-19(9-7-17)25(28)27-13-12-21-15-24(27)23-14-20(10-11-22(21)23)18-4-2-1-3-5-18/h1-11,14,21,24H,12-13,15H2/t21-,24-/m1/s1. The third-order valence-corrected chi connectivity index (χ3v) is 6.12. The van der Waals surface area contributed by atoms with Crippen LogP contribution in [0.25, 0.3) is 11.1 Å². The molecule has 3 heteroatoms. The van der Waals surface area contributed by atoms with Crippen LogP contribution in [-0.4, -0.2) is 17.4 Å². The third-order valence-electron chi connectivity index (χ3n) is 6.12. The SMILES string of the molecule is N#Cc1ccc(C(=O)N2CC[C@@H]3C[C@@H]2c2cc(-c4ccccc4)ccc23)cc1. The molecule has 0 N–H and O–H groups in total. The van der Waals surface area contributed by atoms with Gasteiger partial charge in [-0.05, 0) is 71.3 Å². The van der Waals surface area contributed by atoms with E-state index in [0.717, 1.165) is 19.4 Å². The number of hydrogen-bond donors (Lipinski definition) is 0. The van der Waals surface area contributed by atoms with Gasteiger partial charge in [0, 0.05) is 12.1 Å². The van der Waals surface area contributed by atoms with Crippen LogP contribution in [0.1, 0.15) is 51.8 Å². The Hall–Kier alpha value is -3.38. The molecule has 3 aromatic carbocycles. The van der Waals surface area contributed by atoms with Gasteiger partial charge in [-0.25, -0.2) is 0 Å². The van der Waals surface area contributed by atoms with Crippen LogP contribution in [0.15, 0.2) is 72.8 Å². The summed E-state index contributed by atoms with van der Waals surface area (Å²) in [4.78, 5) is 15.2. The van der Waals surface area contributed by atoms with E-state index in [1.54, 1.807) is 24.3 Å². The van der Waals surface area contributed by atoms with Crippen LogP contribution in [0.5, 0.6) is 0 Å². The molecule has 1 saturated heterocycles. The van der Waals surface area contributed by atoms with E-state index in [1.165, 1.54) is 22.3 Å². The summed E-state index contributed by atoms with van der Waals surface area (Å²) in [5, 5.41) is 8.99. The van der Waals surface area contributed by atoms with Crippen molar-refractivity contribution in [2.75, 3.05) is 6.54 Å². The summed E-state index contributed by atoms with van der Waals surface area (Å²) in [6.07, 6.45) is 2.02. The normalized spacial score (nSPS) is 19.8. The molecule has 3 aromatic rings. The number of rotatable bonds is 2. The number of benzene rings is 3. The molecule has 1 amide bonds. The minimum Gasteiger partial charge on any atom is -0.332 e. The molecule has 1 heterocycles. The minimum absolute atomic E-state index is 0.0610. The molecule has 2 atom stereocenters. The predicted octanol–water partition coefficient (Wildman–Crippen LogP) is 5.30. The highest BCUT2D eigenvalue weighted by Gasteiger charge is 2.41. The van der Waals surface area contributed by atoms with Gasteiger partial charge in [-0.3, -0.25) is 4.79 Å². The number of likely N-dealkylation sites (tertiary alicyclic amines) is 1. The fourth-order valence-corrected chi connectivity index (χ4v) is 4.68. The Labute approximate surface area is 164 Å². The van der Waals surface area contributed by atoms with Crippen LogP contribution in [-0.2, 0) is 0 Å². The van der Waals surface area contributed by atoms with Gasteiger partial charge in [0.15, 0.2) is 0 Å². The Morgan fingerprint density at radius 2 is 1.71 bits per heavy atom. The van der Waals surface area contributed by atoms with E-state index in [2.05, 4.69) is 48.5 Å². The zero-order valence-corrected chi connectivity index (χ0v) is 15.5. The Morgan fingerprint density at radius 3 is 2.46 bits per heavy atom. The highest BCUT2D eigenvalue weighted by Crippen LogP contribution is 2.50. The maximum Gasteiger partial charge on any atom is 0.254 e. The van der Waals surface area contributed by atoms with Gasteiger partial charge in [-0.15, -0.1) is 0 Å². The highest BCUT2D eigenvalue weighted by atomic mass is 16.2. The number of carbonyl (C=O) groups excluding carboxylic acids is 1. The number of hydrogen-bond acceptors (Lipinski definition) is 2. The fraction of sp³-hybridized carbons (Fsp3) is 0.200. The van der Waals surface area contributed by atoms with Gasteiger partial charge >= 0.3 is 0 Å². The first-order valence-electron chi connectivity index (χ1n) is 9.75. The van der Waals surface area contributed by atoms with Gasteiger partial charge < -0.3 is 4.90 Å². The maximum atomic E-state index is 13.2. The van der Waals surface area contributed by atoms with Crippen molar-refractivity contribution >= 4 is 5.91 Å². The molecule has 0 spiro atoms. The Balaban J connectivity index is 1.49. The molecule has 1 aliphatic carbocycles. The van der Waals surface area contributed by atoms with Crippen molar-refractivity contribution in [3.8, 4) is 17.2 Å². The third kappa shape index (κ3) is 2.70. The van der Waals surface area contributed by atoms with Crippen molar-refractivity contribution in [1.82, 2.24) is 4.90 Å². The topological polar surface area (TPSA) is 44.1 Å². The van der Waals surface area contributed by atoms with Crippen LogP contribution in [0.3, 0.4) is 0 Å². The second kappa shape index (κ2) is 6.65. The number of piperidine rings is 1. The van der Waals surface area contributed by atoms with Crippen LogP contribution in [0.4, 0.5) is 0 Å². The molecule has 5 rings (SSSR count). The average Bonchev–Trinajstić information content (AvgIpc) is 3.05. The van der Waals surface area contributed by atoms with E-state index in [1.807, 2.05) is 11.0 Å². The van der Waals surface area contributed by atoms with Crippen LogP contribution < -0.4 is 0 Å².